The van der Waals surface area contributed by atoms with Crippen molar-refractivity contribution >= 4 is 117 Å². The van der Waals surface area contributed by atoms with E-state index in [0.29, 0.717) is 21.3 Å². The quantitative estimate of drug-likeness (QED) is 0.104. The second-order valence-corrected chi connectivity index (χ2v) is 22.0. The second kappa shape index (κ2) is 27.2. The summed E-state index contributed by atoms with van der Waals surface area (Å²) in [5.74, 6) is -2.31. The molecule has 0 bridgehead atoms. The van der Waals surface area contributed by atoms with E-state index in [0.717, 1.165) is 63.4 Å². The van der Waals surface area contributed by atoms with Gasteiger partial charge in [0.15, 0.2) is 4.24 Å². The molecule has 1 atom stereocenters. The van der Waals surface area contributed by atoms with E-state index in [2.05, 4.69) is 29.9 Å². The fourth-order valence-electron chi connectivity index (χ4n) is 7.49. The maximum Gasteiger partial charge on any atom is 0.162 e. The Hall–Kier alpha value is -6.67. The summed E-state index contributed by atoms with van der Waals surface area (Å²) >= 11 is 20.6. The molecular weight excluding hydrogens is 1150 g/mol. The Morgan fingerprint density at radius 1 is 0.598 bits per heavy atom. The second-order valence-electron chi connectivity index (χ2n) is 17.2. The minimum Gasteiger partial charge on any atom is -0.367 e. The molecule has 3 N–H and O–H groups in total. The summed E-state index contributed by atoms with van der Waals surface area (Å²) in [5, 5.41) is 28.1. The number of aromatic nitrogens is 6. The Morgan fingerprint density at radius 3 is 1.56 bits per heavy atom. The molecule has 3 aromatic carbocycles. The largest absolute Gasteiger partial charge is 0.367 e. The molecule has 420 valence electrons. The van der Waals surface area contributed by atoms with Crippen molar-refractivity contribution in [3.63, 3.8) is 0 Å². The summed E-state index contributed by atoms with van der Waals surface area (Å²) in [5.41, 5.74) is 0.495. The number of anilines is 3. The lowest BCUT2D eigenvalue weighted by Crippen LogP contribution is -2.38. The molecule has 3 aliphatic heterocycles. The van der Waals surface area contributed by atoms with E-state index in [1.807, 2.05) is 12.1 Å². The lowest BCUT2D eigenvalue weighted by Gasteiger charge is -2.32. The maximum absolute atomic E-state index is 14.1. The van der Waals surface area contributed by atoms with Crippen molar-refractivity contribution in [1.29, 1.82) is 15.8 Å². The number of nitrogens with zero attached hydrogens (tertiary/aromatic N) is 12. The number of likely N-dealkylation sites (tertiary alicyclic amines) is 3. The van der Waals surface area contributed by atoms with Gasteiger partial charge in [-0.25, -0.2) is 34.3 Å². The average molecular weight is 1240 g/mol. The zero-order valence-electron chi connectivity index (χ0n) is 74.5. The Balaban J connectivity index is 0.000000181. The van der Waals surface area contributed by atoms with Gasteiger partial charge in [0.2, 0.25) is 0 Å². The molecule has 0 amide bonds. The highest BCUT2D eigenvalue weighted by Gasteiger charge is 2.25. The first-order valence-corrected chi connectivity index (χ1v) is 27.4. The minimum absolute atomic E-state index is 0.0183. The number of fused-ring (bicyclic) bond motifs is 3. The average Bonchev–Trinajstić information content (AvgIpc) is 1.27. The first-order valence-electron chi connectivity index (χ1n) is 39.7. The fraction of sp³-hybridized carbons (Fsp3) is 0.350. The van der Waals surface area contributed by atoms with Gasteiger partial charge in [-0.1, -0.05) is 65.1 Å². The number of halogens is 4. The molecule has 0 spiro atoms. The predicted molar refractivity (Wildman–Crippen MR) is 331 cm³/mol. The van der Waals surface area contributed by atoms with Crippen LogP contribution in [0.15, 0.2) is 85.6 Å². The van der Waals surface area contributed by atoms with Crippen LogP contribution in [0, 0.1) is 60.6 Å². The van der Waals surface area contributed by atoms with Crippen LogP contribution >= 0.6 is 68.8 Å². The molecular formula is C60H59Cl3FN15S3. The van der Waals surface area contributed by atoms with E-state index in [9.17, 15) is 20.2 Å². The molecule has 3 fully saturated rings. The Labute approximate surface area is 548 Å². The molecule has 3 saturated heterocycles. The summed E-state index contributed by atoms with van der Waals surface area (Å²) in [7, 11) is 0. The molecule has 9 heterocycles. The molecule has 9 aromatic rings. The van der Waals surface area contributed by atoms with Crippen LogP contribution in [-0.2, 0) is 19.5 Å². The van der Waals surface area contributed by atoms with Crippen molar-refractivity contribution in [2.24, 2.45) is 0 Å². The van der Waals surface area contributed by atoms with E-state index >= 15 is 0 Å². The van der Waals surface area contributed by atoms with Crippen molar-refractivity contribution in [2.75, 3.05) is 55.0 Å². The van der Waals surface area contributed by atoms with Crippen LogP contribution < -0.4 is 15.9 Å². The van der Waals surface area contributed by atoms with E-state index in [1.165, 1.54) is 37.3 Å². The summed E-state index contributed by atoms with van der Waals surface area (Å²) < 4.78 is 289. The Bertz CT molecular complexity index is 5420. The first-order chi connectivity index (χ1) is 52.1. The van der Waals surface area contributed by atoms with E-state index in [4.69, 9.17) is 78.8 Å². The first kappa shape index (κ1) is 30.8. The number of nitriles is 3. The Kier molecular flexibility index (Phi) is 10.2. The molecule has 22 heteroatoms. The van der Waals surface area contributed by atoms with Crippen LogP contribution in [-0.4, -0.2) is 102 Å². The van der Waals surface area contributed by atoms with Gasteiger partial charge in [0.25, 0.3) is 0 Å². The zero-order valence-corrected chi connectivity index (χ0v) is 47.3. The lowest BCUT2D eigenvalue weighted by molar-refractivity contribution is 0.211. The minimum atomic E-state index is -3.85. The molecule has 15 nitrogen and oxygen atoms in total. The van der Waals surface area contributed by atoms with Gasteiger partial charge in [-0.3, -0.25) is 14.7 Å². The number of piperidine rings is 3. The highest BCUT2D eigenvalue weighted by molar-refractivity contribution is 7.23. The molecule has 12 rings (SSSR count). The van der Waals surface area contributed by atoms with Gasteiger partial charge in [0.1, 0.15) is 65.5 Å². The third kappa shape index (κ3) is 14.7. The van der Waals surface area contributed by atoms with Crippen LogP contribution in [0.1, 0.15) is 128 Å². The molecule has 82 heavy (non-hydrogen) atoms. The standard InChI is InChI=1S/C20H19ClFN5S.2C20H20ClN5S/c1-12-6-13(7-14(9-23)18(12)22)10-27-4-2-15(3-5-27)26-19-16-8-17(21)28-20(16)25-11-24-19;2*1-13-2-3-14(8-15(13)10-22)11-26-6-4-16(5-7-26)25-19-17-9-18(21)27-20(17)24-12-23-19/h6-8,11,15H,2-5,10H2,1H3,(H,24,25,26);2*2-3,8-9,12,16H,4-7,11H2,1H3,(H,23,24,25)/i2D2,3D2,8D,10D,11D,15D;4D2,5D2,6D2,7D2,9D,11D2,16D;6D2,7D2,9D,11D2,12D,16D/hD3. The molecule has 0 radical (unpaired) electrons. The summed E-state index contributed by atoms with van der Waals surface area (Å²) in [6, 6.07) is 5.55. The highest BCUT2D eigenvalue weighted by atomic mass is 35.5. The van der Waals surface area contributed by atoms with Crippen molar-refractivity contribution in [3.8, 4) is 18.2 Å². The van der Waals surface area contributed by atoms with Gasteiger partial charge in [-0.05, 0) is 129 Å². The van der Waals surface area contributed by atoms with E-state index < -0.39 is 157 Å². The number of hydrogen-bond donors (Lipinski definition) is 3. The number of hydrogen-bond acceptors (Lipinski definition) is 18. The fourth-order valence-corrected chi connectivity index (χ4v) is 10.4. The van der Waals surface area contributed by atoms with Crippen LogP contribution in [0.25, 0.3) is 30.6 Å². The third-order valence-corrected chi connectivity index (χ3v) is 14.8. The van der Waals surface area contributed by atoms with Crippen molar-refractivity contribution in [1.82, 2.24) is 44.6 Å². The van der Waals surface area contributed by atoms with Gasteiger partial charge in [0.05, 0.1) is 66.2 Å². The van der Waals surface area contributed by atoms with Gasteiger partial charge in [0, 0.05) is 105 Å². The van der Waals surface area contributed by atoms with Crippen LogP contribution in [0.2, 0.25) is 17.2 Å². The number of nitrogens with one attached hydrogen (secondary N) is 3. The SMILES string of the molecule is [2H]c1c(Cl)sc2ncnc(N([2H])C3([2H])C([2H])([2H])C([2H])([2H])N(C([2H])([2H])c4ccc(C)c(C#N)c4)C([2H])([2H])C3([2H])[2H])c12.[2H]c1nc(N([2H])C2([2H])C([2H])([2H])CN(C([2H])c3cc(C)c(F)c(C#N)c3)CC2([2H])[2H])c2c([2H])c(Cl)sc2n1.[2H]c1nc(N([2H])C2([2H])CC([2H])([2H])N(C([2H])([2H])c3ccc(C)c(C#N)c3)C([2H])([2H])C2)c2c([2H])c(Cl)sc2n1. The topological polar surface area (TPSA) is 195 Å². The summed E-state index contributed by atoms with van der Waals surface area (Å²) in [6.45, 7) is -17.3. The van der Waals surface area contributed by atoms with Crippen molar-refractivity contribution in [3.05, 3.63) is 154 Å². The molecule has 1 unspecified atom stereocenters. The lowest BCUT2D eigenvalue weighted by atomic mass is 10.0. The number of rotatable bonds is 12. The number of thiophene rings is 3. The smallest absolute Gasteiger partial charge is 0.162 e. The predicted octanol–water partition coefficient (Wildman–Crippen LogP) is 13.9. The van der Waals surface area contributed by atoms with Gasteiger partial charge in [-0.2, -0.15) is 15.8 Å². The highest BCUT2D eigenvalue weighted by Crippen LogP contribution is 2.35. The zero-order chi connectivity index (χ0) is 85.8. The Morgan fingerprint density at radius 2 is 1.05 bits per heavy atom. The third-order valence-electron chi connectivity index (χ3n) is 11.5. The van der Waals surface area contributed by atoms with Crippen LogP contribution in [0.3, 0.4) is 0 Å². The van der Waals surface area contributed by atoms with Gasteiger partial charge in [-0.15, -0.1) is 34.0 Å². The molecule has 0 aliphatic carbocycles. The number of benzene rings is 3. The van der Waals surface area contributed by atoms with Crippen LogP contribution in [0.5, 0.6) is 0 Å². The molecule has 3 aliphatic rings. The van der Waals surface area contributed by atoms with Crippen molar-refractivity contribution < 1.29 is 48.4 Å². The van der Waals surface area contributed by atoms with Gasteiger partial charge >= 0.3 is 0 Å². The molecule has 0 saturated carbocycles. The van der Waals surface area contributed by atoms with Crippen molar-refractivity contribution in [2.45, 2.75) is 96.7 Å². The van der Waals surface area contributed by atoms with Crippen LogP contribution in [0.4, 0.5) is 21.8 Å². The van der Waals surface area contributed by atoms with Gasteiger partial charge < -0.3 is 15.9 Å². The summed E-state index contributed by atoms with van der Waals surface area (Å²) in [6.07, 6.45) is -15.2. The normalized spacial score (nSPS) is 28.2. The molecule has 6 aromatic heterocycles. The summed E-state index contributed by atoms with van der Waals surface area (Å²) in [4.78, 5) is 24.6. The van der Waals surface area contributed by atoms with E-state index in [-0.39, 0.29) is 110 Å². The monoisotopic (exact) mass is 1240 g/mol. The number of aryl methyl sites for hydroxylation is 3. The maximum atomic E-state index is 14.1. The van der Waals surface area contributed by atoms with E-state index in [1.54, 1.807) is 19.9 Å².